The van der Waals surface area contributed by atoms with Gasteiger partial charge in [-0.25, -0.2) is 4.79 Å². The zero-order valence-corrected chi connectivity index (χ0v) is 22.8. The Kier molecular flexibility index (Phi) is 10.2. The van der Waals surface area contributed by atoms with Crippen molar-refractivity contribution in [3.8, 4) is 0 Å². The van der Waals surface area contributed by atoms with E-state index in [1.165, 1.54) is 5.56 Å². The van der Waals surface area contributed by atoms with Crippen molar-refractivity contribution in [1.82, 2.24) is 15.5 Å². The van der Waals surface area contributed by atoms with Crippen LogP contribution in [0.1, 0.15) is 98.2 Å². The maximum Gasteiger partial charge on any atom is 0.408 e. The number of hydrogen-bond donors (Lipinski definition) is 2. The van der Waals surface area contributed by atoms with Crippen LogP contribution in [0.4, 0.5) is 4.79 Å². The predicted molar refractivity (Wildman–Crippen MR) is 139 cm³/mol. The average Bonchev–Trinajstić information content (AvgIpc) is 2.69. The molecule has 1 fully saturated rings. The van der Waals surface area contributed by atoms with Gasteiger partial charge in [-0.05, 0) is 83.8 Å². The summed E-state index contributed by atoms with van der Waals surface area (Å²) in [4.78, 5) is 42.0. The quantitative estimate of drug-likeness (QED) is 0.479. The molecule has 2 unspecified atom stereocenters. The smallest absolute Gasteiger partial charge is 0.408 e. The van der Waals surface area contributed by atoms with Crippen LogP contribution in [0.5, 0.6) is 0 Å². The van der Waals surface area contributed by atoms with Gasteiger partial charge in [0, 0.05) is 12.1 Å². The van der Waals surface area contributed by atoms with Gasteiger partial charge in [-0.1, -0.05) is 45.0 Å². The maximum absolute atomic E-state index is 14.1. The third-order valence-corrected chi connectivity index (χ3v) is 6.08. The van der Waals surface area contributed by atoms with Crippen molar-refractivity contribution in [3.05, 3.63) is 35.4 Å². The first-order valence-electron chi connectivity index (χ1n) is 13.0. The molecule has 1 aliphatic carbocycles. The highest BCUT2D eigenvalue weighted by molar-refractivity contribution is 5.92. The van der Waals surface area contributed by atoms with E-state index in [2.05, 4.69) is 17.6 Å². The molecule has 0 radical (unpaired) electrons. The van der Waals surface area contributed by atoms with Gasteiger partial charge in [0.2, 0.25) is 11.8 Å². The van der Waals surface area contributed by atoms with E-state index in [1.807, 2.05) is 52.0 Å². The zero-order chi connectivity index (χ0) is 26.3. The van der Waals surface area contributed by atoms with Gasteiger partial charge in [-0.3, -0.25) is 9.59 Å². The predicted octanol–water partition coefficient (Wildman–Crippen LogP) is 5.14. The summed E-state index contributed by atoms with van der Waals surface area (Å²) < 4.78 is 5.45. The Morgan fingerprint density at radius 3 is 2.06 bits per heavy atom. The fourth-order valence-electron chi connectivity index (χ4n) is 4.24. The van der Waals surface area contributed by atoms with Gasteiger partial charge in [0.15, 0.2) is 0 Å². The minimum Gasteiger partial charge on any atom is -0.444 e. The maximum atomic E-state index is 14.1. The molecule has 1 aromatic rings. The van der Waals surface area contributed by atoms with Crippen molar-refractivity contribution in [2.24, 2.45) is 5.92 Å². The fourth-order valence-corrected chi connectivity index (χ4v) is 4.24. The molecule has 1 aromatic carbocycles. The number of hydrogen-bond acceptors (Lipinski definition) is 4. The molecule has 7 nitrogen and oxygen atoms in total. The molecule has 1 saturated carbocycles. The molecule has 1 aliphatic rings. The first-order valence-corrected chi connectivity index (χ1v) is 13.0. The number of alkyl carbamates (subject to hydrolysis) is 1. The molecule has 0 saturated heterocycles. The second-order valence-electron chi connectivity index (χ2n) is 11.3. The Bertz CT molecular complexity index is 854. The molecule has 3 amide bonds. The molecule has 2 atom stereocenters. The van der Waals surface area contributed by atoms with E-state index in [-0.39, 0.29) is 29.8 Å². The Morgan fingerprint density at radius 2 is 1.63 bits per heavy atom. The first kappa shape index (κ1) is 28.7. The number of aryl methyl sites for hydroxylation is 1. The molecule has 2 N–H and O–H groups in total. The number of nitrogens with zero attached hydrogens (tertiary/aromatic N) is 1. The molecule has 0 bridgehead atoms. The summed E-state index contributed by atoms with van der Waals surface area (Å²) in [6.45, 7) is 15.3. The highest BCUT2D eigenvalue weighted by Gasteiger charge is 2.42. The van der Waals surface area contributed by atoms with Crippen molar-refractivity contribution in [2.45, 2.75) is 117 Å². The van der Waals surface area contributed by atoms with E-state index in [4.69, 9.17) is 4.74 Å². The van der Waals surface area contributed by atoms with Gasteiger partial charge in [-0.15, -0.1) is 0 Å². The first-order chi connectivity index (χ1) is 16.3. The third kappa shape index (κ3) is 8.55. The van der Waals surface area contributed by atoms with Crippen molar-refractivity contribution < 1.29 is 19.1 Å². The summed E-state index contributed by atoms with van der Waals surface area (Å²) in [5, 5.41) is 5.82. The standard InChI is InChI=1S/C28H45N3O4/c1-9-20-13-15-21(16-14-20)24(25(32)29-19(4)5)31(22-11-10-12-22)26(33)23(17-18(2)3)30-27(34)35-28(6,7)8/h13-16,18-19,22-24H,9-12,17H2,1-8H3,(H,29,32)(H,30,34). The second kappa shape index (κ2) is 12.4. The summed E-state index contributed by atoms with van der Waals surface area (Å²) in [7, 11) is 0. The van der Waals surface area contributed by atoms with Crippen LogP contribution < -0.4 is 10.6 Å². The summed E-state index contributed by atoms with van der Waals surface area (Å²) in [6, 6.07) is 6.25. The van der Waals surface area contributed by atoms with Gasteiger partial charge < -0.3 is 20.3 Å². The minimum absolute atomic E-state index is 0.0497. The zero-order valence-electron chi connectivity index (χ0n) is 22.8. The van der Waals surface area contributed by atoms with E-state index in [9.17, 15) is 14.4 Å². The number of carbonyl (C=O) groups excluding carboxylic acids is 3. The molecule has 0 heterocycles. The molecule has 196 valence electrons. The minimum atomic E-state index is -0.783. The lowest BCUT2D eigenvalue weighted by Gasteiger charge is -2.44. The van der Waals surface area contributed by atoms with E-state index >= 15 is 0 Å². The molecule has 0 spiro atoms. The van der Waals surface area contributed by atoms with Gasteiger partial charge in [0.1, 0.15) is 17.7 Å². The lowest BCUT2D eigenvalue weighted by atomic mass is 9.87. The van der Waals surface area contributed by atoms with Crippen LogP contribution in [0.15, 0.2) is 24.3 Å². The third-order valence-electron chi connectivity index (χ3n) is 6.08. The highest BCUT2D eigenvalue weighted by atomic mass is 16.6. The number of ether oxygens (including phenoxy) is 1. The number of amides is 3. The van der Waals surface area contributed by atoms with E-state index < -0.39 is 23.8 Å². The number of rotatable bonds is 10. The van der Waals surface area contributed by atoms with Crippen LogP contribution in [0.3, 0.4) is 0 Å². The van der Waals surface area contributed by atoms with Crippen molar-refractivity contribution in [3.63, 3.8) is 0 Å². The van der Waals surface area contributed by atoms with E-state index in [0.717, 1.165) is 31.2 Å². The molecule has 7 heteroatoms. The van der Waals surface area contributed by atoms with Crippen LogP contribution in [-0.2, 0) is 20.7 Å². The Morgan fingerprint density at radius 1 is 1.03 bits per heavy atom. The van der Waals surface area contributed by atoms with Crippen LogP contribution in [0.25, 0.3) is 0 Å². The van der Waals surface area contributed by atoms with E-state index in [0.29, 0.717) is 6.42 Å². The summed E-state index contributed by atoms with van der Waals surface area (Å²) in [5.74, 6) is -0.281. The second-order valence-corrected chi connectivity index (χ2v) is 11.3. The van der Waals surface area contributed by atoms with Gasteiger partial charge in [-0.2, -0.15) is 0 Å². The molecule has 0 aliphatic heterocycles. The number of nitrogens with one attached hydrogen (secondary N) is 2. The van der Waals surface area contributed by atoms with Gasteiger partial charge in [0.25, 0.3) is 0 Å². The average molecular weight is 488 g/mol. The highest BCUT2D eigenvalue weighted by Crippen LogP contribution is 2.34. The van der Waals surface area contributed by atoms with Crippen molar-refractivity contribution in [2.75, 3.05) is 0 Å². The Labute approximate surface area is 211 Å². The van der Waals surface area contributed by atoms with Gasteiger partial charge >= 0.3 is 6.09 Å². The number of benzene rings is 1. The molecule has 0 aromatic heterocycles. The number of carbonyl (C=O) groups is 3. The fraction of sp³-hybridized carbons (Fsp3) is 0.679. The SMILES string of the molecule is CCc1ccc(C(C(=O)NC(C)C)N(C(=O)C(CC(C)C)NC(=O)OC(C)(C)C)C2CCC2)cc1. The Hall–Kier alpha value is -2.57. The molecule has 35 heavy (non-hydrogen) atoms. The normalized spacial score (nSPS) is 15.8. The topological polar surface area (TPSA) is 87.7 Å². The molecular weight excluding hydrogens is 442 g/mol. The summed E-state index contributed by atoms with van der Waals surface area (Å²) in [5.41, 5.74) is 1.27. The summed E-state index contributed by atoms with van der Waals surface area (Å²) in [6.07, 6.45) is 3.41. The monoisotopic (exact) mass is 487 g/mol. The largest absolute Gasteiger partial charge is 0.444 e. The van der Waals surface area contributed by atoms with Crippen LogP contribution in [0.2, 0.25) is 0 Å². The van der Waals surface area contributed by atoms with Crippen molar-refractivity contribution >= 4 is 17.9 Å². The van der Waals surface area contributed by atoms with Gasteiger partial charge in [0.05, 0.1) is 0 Å². The van der Waals surface area contributed by atoms with Crippen LogP contribution in [0, 0.1) is 5.92 Å². The lowest BCUT2D eigenvalue weighted by Crippen LogP contribution is -2.58. The summed E-state index contributed by atoms with van der Waals surface area (Å²) >= 11 is 0. The molecule has 2 rings (SSSR count). The Balaban J connectivity index is 2.47. The van der Waals surface area contributed by atoms with E-state index in [1.54, 1.807) is 25.7 Å². The van der Waals surface area contributed by atoms with Crippen LogP contribution in [-0.4, -0.2) is 46.5 Å². The molecular formula is C28H45N3O4. The lowest BCUT2D eigenvalue weighted by molar-refractivity contribution is -0.148. The van der Waals surface area contributed by atoms with Crippen molar-refractivity contribution in [1.29, 1.82) is 0 Å². The van der Waals surface area contributed by atoms with Crippen LogP contribution >= 0.6 is 0 Å².